The largest absolute Gasteiger partial charge is 0.396 e. The number of carbonyl (C=O) groups is 1. The van der Waals surface area contributed by atoms with Crippen molar-refractivity contribution in [3.05, 3.63) is 0 Å². The minimum atomic E-state index is -0.0343. The molecule has 4 nitrogen and oxygen atoms in total. The van der Waals surface area contributed by atoms with Gasteiger partial charge in [0, 0.05) is 24.6 Å². The first kappa shape index (κ1) is 15.4. The Balaban J connectivity index is 2.40. The van der Waals surface area contributed by atoms with E-state index in [4.69, 9.17) is 0 Å². The third-order valence-corrected chi connectivity index (χ3v) is 3.96. The maximum absolute atomic E-state index is 11.9. The summed E-state index contributed by atoms with van der Waals surface area (Å²) in [4.78, 5) is 14.1. The number of piperidine rings is 1. The van der Waals surface area contributed by atoms with E-state index in [1.807, 2.05) is 0 Å². The van der Waals surface area contributed by atoms with Gasteiger partial charge in [-0.25, -0.2) is 0 Å². The molecular weight excluding hydrogens is 228 g/mol. The highest BCUT2D eigenvalue weighted by molar-refractivity contribution is 5.78. The molecular formula is C14H28N2O2. The van der Waals surface area contributed by atoms with Crippen LogP contribution in [0.1, 0.15) is 46.5 Å². The van der Waals surface area contributed by atoms with Crippen LogP contribution in [0.3, 0.4) is 0 Å². The van der Waals surface area contributed by atoms with Crippen LogP contribution in [0.4, 0.5) is 0 Å². The van der Waals surface area contributed by atoms with E-state index < -0.39 is 0 Å². The summed E-state index contributed by atoms with van der Waals surface area (Å²) in [7, 11) is 0. The van der Waals surface area contributed by atoms with Crippen molar-refractivity contribution in [2.24, 2.45) is 5.41 Å². The van der Waals surface area contributed by atoms with Gasteiger partial charge in [0.25, 0.3) is 0 Å². The van der Waals surface area contributed by atoms with Crippen LogP contribution in [-0.4, -0.2) is 48.2 Å². The molecule has 0 spiro atoms. The fraction of sp³-hybridized carbons (Fsp3) is 0.929. The van der Waals surface area contributed by atoms with Gasteiger partial charge < -0.3 is 10.4 Å². The van der Waals surface area contributed by atoms with Crippen molar-refractivity contribution in [1.82, 2.24) is 10.2 Å². The standard InChI is InChI=1S/C14H28N2O2/c1-4-12(5-2)15-13(18)9-16-8-6-7-14(3,10-16)11-17/h12,17H,4-11H2,1-3H3,(H,15,18)/t14-/m0/s1. The van der Waals surface area contributed by atoms with E-state index in [-0.39, 0.29) is 17.9 Å². The first-order chi connectivity index (χ1) is 8.53. The summed E-state index contributed by atoms with van der Waals surface area (Å²) in [5.74, 6) is 0.117. The van der Waals surface area contributed by atoms with Crippen LogP contribution in [0.25, 0.3) is 0 Å². The number of hydrogen-bond acceptors (Lipinski definition) is 3. The predicted molar refractivity (Wildman–Crippen MR) is 73.4 cm³/mol. The van der Waals surface area contributed by atoms with Crippen LogP contribution in [0, 0.1) is 5.41 Å². The minimum Gasteiger partial charge on any atom is -0.396 e. The number of aliphatic hydroxyl groups is 1. The molecule has 2 N–H and O–H groups in total. The predicted octanol–water partition coefficient (Wildman–Crippen LogP) is 1.39. The van der Waals surface area contributed by atoms with Crippen molar-refractivity contribution < 1.29 is 9.90 Å². The molecule has 1 fully saturated rings. The molecule has 0 saturated carbocycles. The lowest BCUT2D eigenvalue weighted by molar-refractivity contribution is -0.124. The quantitative estimate of drug-likeness (QED) is 0.755. The lowest BCUT2D eigenvalue weighted by Crippen LogP contribution is -2.48. The molecule has 106 valence electrons. The summed E-state index contributed by atoms with van der Waals surface area (Å²) in [6.07, 6.45) is 4.08. The maximum Gasteiger partial charge on any atom is 0.234 e. The average molecular weight is 256 g/mol. The molecule has 4 heteroatoms. The van der Waals surface area contributed by atoms with Crippen LogP contribution < -0.4 is 5.32 Å². The van der Waals surface area contributed by atoms with Crippen molar-refractivity contribution in [3.8, 4) is 0 Å². The number of likely N-dealkylation sites (tertiary alicyclic amines) is 1. The zero-order valence-electron chi connectivity index (χ0n) is 12.0. The van der Waals surface area contributed by atoms with E-state index >= 15 is 0 Å². The van der Waals surface area contributed by atoms with Gasteiger partial charge in [-0.2, -0.15) is 0 Å². The molecule has 1 heterocycles. The monoisotopic (exact) mass is 256 g/mol. The number of nitrogens with one attached hydrogen (secondary N) is 1. The lowest BCUT2D eigenvalue weighted by Gasteiger charge is -2.39. The third-order valence-electron chi connectivity index (χ3n) is 3.96. The molecule has 0 unspecified atom stereocenters. The highest BCUT2D eigenvalue weighted by atomic mass is 16.3. The minimum absolute atomic E-state index is 0.0343. The molecule has 1 rings (SSSR count). The molecule has 0 radical (unpaired) electrons. The van der Waals surface area contributed by atoms with Crippen LogP contribution in [0.15, 0.2) is 0 Å². The van der Waals surface area contributed by atoms with Gasteiger partial charge in [-0.15, -0.1) is 0 Å². The van der Waals surface area contributed by atoms with Crippen LogP contribution in [-0.2, 0) is 4.79 Å². The molecule has 1 atom stereocenters. The van der Waals surface area contributed by atoms with Crippen molar-refractivity contribution in [1.29, 1.82) is 0 Å². The highest BCUT2D eigenvalue weighted by Crippen LogP contribution is 2.28. The Morgan fingerprint density at radius 3 is 2.67 bits per heavy atom. The molecule has 0 aliphatic carbocycles. The van der Waals surface area contributed by atoms with Gasteiger partial charge in [-0.05, 0) is 32.2 Å². The first-order valence-electron chi connectivity index (χ1n) is 7.15. The molecule has 1 aliphatic rings. The van der Waals surface area contributed by atoms with Crippen molar-refractivity contribution in [2.45, 2.75) is 52.5 Å². The molecule has 0 bridgehead atoms. The Hall–Kier alpha value is -0.610. The Labute approximate surface area is 111 Å². The van der Waals surface area contributed by atoms with Crippen LogP contribution >= 0.6 is 0 Å². The Kier molecular flexibility index (Phi) is 6.09. The summed E-state index contributed by atoms with van der Waals surface area (Å²) in [5.41, 5.74) is -0.0343. The summed E-state index contributed by atoms with van der Waals surface area (Å²) >= 11 is 0. The van der Waals surface area contributed by atoms with Gasteiger partial charge in [0.1, 0.15) is 0 Å². The zero-order valence-corrected chi connectivity index (χ0v) is 12.0. The van der Waals surface area contributed by atoms with E-state index in [2.05, 4.69) is 31.0 Å². The maximum atomic E-state index is 11.9. The summed E-state index contributed by atoms with van der Waals surface area (Å²) in [5, 5.41) is 12.5. The number of hydrogen-bond donors (Lipinski definition) is 2. The fourth-order valence-corrected chi connectivity index (χ4v) is 2.66. The lowest BCUT2D eigenvalue weighted by atomic mass is 9.83. The Morgan fingerprint density at radius 1 is 1.44 bits per heavy atom. The van der Waals surface area contributed by atoms with E-state index in [9.17, 15) is 9.90 Å². The molecule has 1 aliphatic heterocycles. The number of amides is 1. The van der Waals surface area contributed by atoms with Crippen LogP contribution in [0.2, 0.25) is 0 Å². The summed E-state index contributed by atoms with van der Waals surface area (Å²) in [6, 6.07) is 0.298. The number of carbonyl (C=O) groups excluding carboxylic acids is 1. The zero-order chi connectivity index (χ0) is 13.6. The van der Waals surface area contributed by atoms with Gasteiger partial charge in [-0.3, -0.25) is 9.69 Å². The molecule has 0 aromatic rings. The van der Waals surface area contributed by atoms with E-state index in [1.165, 1.54) is 0 Å². The molecule has 0 aromatic heterocycles. The number of nitrogens with zero attached hydrogens (tertiary/aromatic N) is 1. The van der Waals surface area contributed by atoms with Gasteiger partial charge >= 0.3 is 0 Å². The molecule has 1 saturated heterocycles. The summed E-state index contributed by atoms with van der Waals surface area (Å²) < 4.78 is 0. The van der Waals surface area contributed by atoms with Gasteiger partial charge in [0.15, 0.2) is 0 Å². The topological polar surface area (TPSA) is 52.6 Å². The van der Waals surface area contributed by atoms with Crippen LogP contribution in [0.5, 0.6) is 0 Å². The van der Waals surface area contributed by atoms with Crippen molar-refractivity contribution in [2.75, 3.05) is 26.2 Å². The van der Waals surface area contributed by atoms with Gasteiger partial charge in [0.2, 0.25) is 5.91 Å². The number of rotatable bonds is 6. The van der Waals surface area contributed by atoms with Gasteiger partial charge in [-0.1, -0.05) is 20.8 Å². The third kappa shape index (κ3) is 4.58. The molecule has 18 heavy (non-hydrogen) atoms. The first-order valence-corrected chi connectivity index (χ1v) is 7.15. The molecule has 0 aromatic carbocycles. The average Bonchev–Trinajstić information content (AvgIpc) is 2.36. The van der Waals surface area contributed by atoms with Crippen molar-refractivity contribution >= 4 is 5.91 Å². The Morgan fingerprint density at radius 2 is 2.11 bits per heavy atom. The second-order valence-electron chi connectivity index (χ2n) is 5.86. The fourth-order valence-electron chi connectivity index (χ4n) is 2.66. The normalized spacial score (nSPS) is 25.4. The second kappa shape index (κ2) is 7.10. The number of aliphatic hydroxyl groups excluding tert-OH is 1. The molecule has 1 amide bonds. The Bertz CT molecular complexity index is 267. The highest BCUT2D eigenvalue weighted by Gasteiger charge is 2.31. The van der Waals surface area contributed by atoms with Crippen molar-refractivity contribution in [3.63, 3.8) is 0 Å². The summed E-state index contributed by atoms with van der Waals surface area (Å²) in [6.45, 7) is 8.74. The van der Waals surface area contributed by atoms with Gasteiger partial charge in [0.05, 0.1) is 6.54 Å². The van der Waals surface area contributed by atoms with E-state index in [0.29, 0.717) is 12.6 Å². The van der Waals surface area contributed by atoms with E-state index in [0.717, 1.165) is 38.8 Å². The SMILES string of the molecule is CCC(CC)NC(=O)CN1CCC[C@](C)(CO)C1. The second-order valence-corrected chi connectivity index (χ2v) is 5.86. The smallest absolute Gasteiger partial charge is 0.234 e. The van der Waals surface area contributed by atoms with E-state index in [1.54, 1.807) is 0 Å².